The normalized spacial score (nSPS) is 22.3. The smallest absolute Gasteiger partial charge is 0.322 e. The first kappa shape index (κ1) is 13.7. The molecule has 0 amide bonds. The van der Waals surface area contributed by atoms with Gasteiger partial charge in [-0.25, -0.2) is 5.84 Å². The molecule has 0 spiro atoms. The number of nitrogens with two attached hydrogens (primary N) is 1. The van der Waals surface area contributed by atoms with Crippen LogP contribution in [0.1, 0.15) is 6.42 Å². The Morgan fingerprint density at radius 1 is 1.32 bits per heavy atom. The van der Waals surface area contributed by atoms with E-state index in [1.54, 1.807) is 7.11 Å². The maximum Gasteiger partial charge on any atom is 0.322 e. The van der Waals surface area contributed by atoms with Gasteiger partial charge in [0.1, 0.15) is 5.60 Å². The summed E-state index contributed by atoms with van der Waals surface area (Å²) in [6.07, 6.45) is 0.820. The Morgan fingerprint density at radius 3 is 2.68 bits per heavy atom. The number of methoxy groups -OCH3 is 2. The summed E-state index contributed by atoms with van der Waals surface area (Å²) in [5.74, 6) is 5.87. The third-order valence-electron chi connectivity index (χ3n) is 3.00. The highest BCUT2D eigenvalue weighted by atomic mass is 16.5. The summed E-state index contributed by atoms with van der Waals surface area (Å²) in [5.41, 5.74) is 2.00. The fourth-order valence-electron chi connectivity index (χ4n) is 1.79. The molecule has 1 unspecified atom stereocenters. The highest BCUT2D eigenvalue weighted by Gasteiger charge is 2.35. The monoisotopic (exact) mass is 270 g/mol. The van der Waals surface area contributed by atoms with Gasteiger partial charge in [0, 0.05) is 26.7 Å². The minimum atomic E-state index is -0.351. The molecule has 2 rings (SSSR count). The van der Waals surface area contributed by atoms with Gasteiger partial charge < -0.3 is 19.5 Å². The van der Waals surface area contributed by atoms with Gasteiger partial charge in [-0.1, -0.05) is 0 Å². The number of hydrazine groups is 1. The molecule has 0 bridgehead atoms. The van der Waals surface area contributed by atoms with Crippen molar-refractivity contribution in [3.63, 3.8) is 0 Å². The van der Waals surface area contributed by atoms with Crippen LogP contribution in [0.2, 0.25) is 0 Å². The average molecular weight is 270 g/mol. The molecule has 1 aliphatic heterocycles. The van der Waals surface area contributed by atoms with Crippen molar-refractivity contribution in [3.05, 3.63) is 0 Å². The first-order valence-electron chi connectivity index (χ1n) is 5.85. The molecule has 106 valence electrons. The van der Waals surface area contributed by atoms with Crippen LogP contribution in [-0.4, -0.2) is 54.5 Å². The lowest BCUT2D eigenvalue weighted by atomic mass is 10.0. The van der Waals surface area contributed by atoms with Crippen LogP contribution >= 0.6 is 0 Å². The zero-order valence-electron chi connectivity index (χ0n) is 11.0. The van der Waals surface area contributed by atoms with E-state index in [9.17, 15) is 0 Å². The minimum absolute atomic E-state index is 0.180. The Morgan fingerprint density at radius 2 is 2.11 bits per heavy atom. The van der Waals surface area contributed by atoms with Crippen molar-refractivity contribution in [2.75, 3.05) is 44.7 Å². The molecule has 0 aromatic carbocycles. The van der Waals surface area contributed by atoms with E-state index in [0.717, 1.165) is 6.42 Å². The highest BCUT2D eigenvalue weighted by molar-refractivity contribution is 5.35. The average Bonchev–Trinajstić information content (AvgIpc) is 2.94. The Bertz CT molecular complexity index is 401. The molecule has 4 N–H and O–H groups in total. The molecule has 1 aliphatic rings. The lowest BCUT2D eigenvalue weighted by Crippen LogP contribution is -2.40. The molecule has 0 radical (unpaired) electrons. The van der Waals surface area contributed by atoms with Gasteiger partial charge in [-0.3, -0.25) is 5.43 Å². The first-order chi connectivity index (χ1) is 9.21. The van der Waals surface area contributed by atoms with Gasteiger partial charge in [0.05, 0.1) is 13.7 Å². The third-order valence-corrected chi connectivity index (χ3v) is 3.00. The molecule has 0 aliphatic carbocycles. The van der Waals surface area contributed by atoms with E-state index in [1.165, 1.54) is 7.11 Å². The lowest BCUT2D eigenvalue weighted by Gasteiger charge is -2.25. The van der Waals surface area contributed by atoms with Gasteiger partial charge in [-0.2, -0.15) is 15.0 Å². The van der Waals surface area contributed by atoms with Crippen LogP contribution in [0.4, 0.5) is 11.9 Å². The number of anilines is 2. The van der Waals surface area contributed by atoms with E-state index in [-0.39, 0.29) is 17.6 Å². The Hall–Kier alpha value is -1.71. The van der Waals surface area contributed by atoms with Crippen LogP contribution in [0.15, 0.2) is 0 Å². The molecule has 0 saturated carbocycles. The molecule has 9 nitrogen and oxygen atoms in total. The van der Waals surface area contributed by atoms with Crippen LogP contribution < -0.4 is 21.3 Å². The van der Waals surface area contributed by atoms with Crippen molar-refractivity contribution < 1.29 is 14.2 Å². The summed E-state index contributed by atoms with van der Waals surface area (Å²) < 4.78 is 15.8. The van der Waals surface area contributed by atoms with E-state index in [2.05, 4.69) is 25.7 Å². The number of nitrogens with one attached hydrogen (secondary N) is 2. The van der Waals surface area contributed by atoms with E-state index in [4.69, 9.17) is 20.1 Å². The number of hydrogen-bond donors (Lipinski definition) is 3. The Kier molecular flexibility index (Phi) is 4.30. The number of aromatic nitrogens is 3. The van der Waals surface area contributed by atoms with Crippen LogP contribution in [0.25, 0.3) is 0 Å². The molecule has 2 heterocycles. The van der Waals surface area contributed by atoms with Gasteiger partial charge in [0.25, 0.3) is 0 Å². The second-order valence-corrected chi connectivity index (χ2v) is 4.16. The molecule has 1 fully saturated rings. The van der Waals surface area contributed by atoms with Gasteiger partial charge in [-0.05, 0) is 0 Å². The molecule has 9 heteroatoms. The standard InChI is InChI=1S/C10H18N6O3/c1-17-9-14-7(13-8(15-9)16-11)12-5-10(18-2)3-4-19-6-10/h3-6,11H2,1-2H3,(H2,12,13,14,15,16). The number of hydrogen-bond acceptors (Lipinski definition) is 9. The molecule has 1 atom stereocenters. The number of nitrogen functional groups attached to an aromatic ring is 1. The zero-order valence-corrected chi connectivity index (χ0v) is 11.0. The predicted molar refractivity (Wildman–Crippen MR) is 67.9 cm³/mol. The van der Waals surface area contributed by atoms with Crippen molar-refractivity contribution in [3.8, 4) is 6.01 Å². The molecule has 1 aromatic rings. The van der Waals surface area contributed by atoms with E-state index in [1.807, 2.05) is 0 Å². The van der Waals surface area contributed by atoms with Gasteiger partial charge in [0.2, 0.25) is 11.9 Å². The van der Waals surface area contributed by atoms with E-state index >= 15 is 0 Å². The van der Waals surface area contributed by atoms with Crippen molar-refractivity contribution >= 4 is 11.9 Å². The number of nitrogens with zero attached hydrogens (tertiary/aromatic N) is 3. The zero-order chi connectivity index (χ0) is 13.7. The van der Waals surface area contributed by atoms with Gasteiger partial charge in [0.15, 0.2) is 0 Å². The van der Waals surface area contributed by atoms with Crippen molar-refractivity contribution in [2.45, 2.75) is 12.0 Å². The van der Waals surface area contributed by atoms with Crippen LogP contribution in [0, 0.1) is 0 Å². The summed E-state index contributed by atoms with van der Waals surface area (Å²) in [4.78, 5) is 12.1. The van der Waals surface area contributed by atoms with Gasteiger partial charge in [-0.15, -0.1) is 0 Å². The SMILES string of the molecule is COc1nc(NN)nc(NCC2(OC)CCOC2)n1. The Balaban J connectivity index is 2.06. The number of rotatable bonds is 6. The highest BCUT2D eigenvalue weighted by Crippen LogP contribution is 2.23. The first-order valence-corrected chi connectivity index (χ1v) is 5.85. The number of ether oxygens (including phenoxy) is 3. The van der Waals surface area contributed by atoms with Gasteiger partial charge >= 0.3 is 6.01 Å². The molecule has 1 saturated heterocycles. The van der Waals surface area contributed by atoms with Crippen LogP contribution in [0.5, 0.6) is 6.01 Å². The summed E-state index contributed by atoms with van der Waals surface area (Å²) in [5, 5.41) is 3.08. The summed E-state index contributed by atoms with van der Waals surface area (Å²) in [6, 6.07) is 0.180. The van der Waals surface area contributed by atoms with Crippen LogP contribution in [0.3, 0.4) is 0 Å². The summed E-state index contributed by atoms with van der Waals surface area (Å²) in [6.45, 7) is 1.76. The summed E-state index contributed by atoms with van der Waals surface area (Å²) in [7, 11) is 3.14. The van der Waals surface area contributed by atoms with E-state index < -0.39 is 0 Å². The van der Waals surface area contributed by atoms with Crippen molar-refractivity contribution in [1.82, 2.24) is 15.0 Å². The van der Waals surface area contributed by atoms with Crippen molar-refractivity contribution in [1.29, 1.82) is 0 Å². The molecule has 1 aromatic heterocycles. The quantitative estimate of drug-likeness (QED) is 0.459. The maximum absolute atomic E-state index is 5.50. The van der Waals surface area contributed by atoms with Crippen molar-refractivity contribution in [2.24, 2.45) is 5.84 Å². The Labute approximate surface area is 110 Å². The largest absolute Gasteiger partial charge is 0.467 e. The lowest BCUT2D eigenvalue weighted by molar-refractivity contribution is -0.00632. The maximum atomic E-state index is 5.50. The second kappa shape index (κ2) is 5.95. The topological polar surface area (TPSA) is 116 Å². The van der Waals surface area contributed by atoms with E-state index in [0.29, 0.717) is 25.7 Å². The molecular formula is C10H18N6O3. The predicted octanol–water partition coefficient (Wildman–Crippen LogP) is -0.617. The molecule has 19 heavy (non-hydrogen) atoms. The second-order valence-electron chi connectivity index (χ2n) is 4.16. The minimum Gasteiger partial charge on any atom is -0.467 e. The fourth-order valence-corrected chi connectivity index (χ4v) is 1.79. The van der Waals surface area contributed by atoms with Crippen LogP contribution in [-0.2, 0) is 9.47 Å². The third kappa shape index (κ3) is 3.19. The summed E-state index contributed by atoms with van der Waals surface area (Å²) >= 11 is 0. The molecular weight excluding hydrogens is 252 g/mol. The fraction of sp³-hybridized carbons (Fsp3) is 0.700.